The molecule has 1 amide bonds. The zero-order valence-electron chi connectivity index (χ0n) is 15.9. The van der Waals surface area contributed by atoms with Crippen LogP contribution in [0.2, 0.25) is 0 Å². The van der Waals surface area contributed by atoms with Crippen LogP contribution in [-0.2, 0) is 6.54 Å². The number of amides is 1. The van der Waals surface area contributed by atoms with Gasteiger partial charge in [0.2, 0.25) is 0 Å². The zero-order valence-corrected chi connectivity index (χ0v) is 15.9. The van der Waals surface area contributed by atoms with Crippen molar-refractivity contribution in [3.63, 3.8) is 0 Å². The number of carbonyl (C=O) groups is 1. The summed E-state index contributed by atoms with van der Waals surface area (Å²) >= 11 is 0. The summed E-state index contributed by atoms with van der Waals surface area (Å²) in [6, 6.07) is 13.8. The topological polar surface area (TPSA) is 73.1 Å². The summed E-state index contributed by atoms with van der Waals surface area (Å²) in [4.78, 5) is 16.2. The van der Waals surface area contributed by atoms with E-state index in [-0.39, 0.29) is 17.6 Å². The number of nitrogens with zero attached hydrogens (tertiary/aromatic N) is 5. The van der Waals surface area contributed by atoms with Crippen LogP contribution in [0, 0.1) is 5.82 Å². The molecule has 2 heterocycles. The van der Waals surface area contributed by atoms with Crippen molar-refractivity contribution in [3.05, 3.63) is 71.8 Å². The lowest BCUT2D eigenvalue weighted by molar-refractivity contribution is 0.0790. The van der Waals surface area contributed by atoms with E-state index in [1.165, 1.54) is 23.3 Å². The first-order valence-electron chi connectivity index (χ1n) is 9.67. The molecule has 7 nitrogen and oxygen atoms in total. The first-order valence-corrected chi connectivity index (χ1v) is 9.67. The summed E-state index contributed by atoms with van der Waals surface area (Å²) in [6.07, 6.45) is 3.05. The van der Waals surface area contributed by atoms with E-state index in [1.807, 2.05) is 17.0 Å². The van der Waals surface area contributed by atoms with Gasteiger partial charge >= 0.3 is 0 Å². The summed E-state index contributed by atoms with van der Waals surface area (Å²) in [5.41, 5.74) is 1.72. The monoisotopic (exact) mass is 395 g/mol. The molecule has 1 fully saturated rings. The Morgan fingerprint density at radius 1 is 1.14 bits per heavy atom. The second kappa shape index (κ2) is 8.81. The molecule has 0 saturated carbocycles. The molecule has 4 rings (SSSR count). The molecule has 1 saturated heterocycles. The molecule has 0 radical (unpaired) electrons. The standard InChI is InChI=1S/C21H22FN5O2/c22-19-6-2-16(3-7-19)18-10-12-26(14-18)21(28)17-4-8-20(9-5-17)29-13-1-11-27-24-15-23-25-27/h2-9,15,18H,1,10-14H2/t18-/m1/s1. The van der Waals surface area contributed by atoms with Crippen molar-refractivity contribution >= 4 is 5.91 Å². The smallest absolute Gasteiger partial charge is 0.253 e. The molecular weight excluding hydrogens is 373 g/mol. The lowest BCUT2D eigenvalue weighted by Crippen LogP contribution is -2.28. The van der Waals surface area contributed by atoms with E-state index in [4.69, 9.17) is 4.74 Å². The van der Waals surface area contributed by atoms with Gasteiger partial charge in [0.25, 0.3) is 5.91 Å². The van der Waals surface area contributed by atoms with Crippen LogP contribution >= 0.6 is 0 Å². The average molecular weight is 395 g/mol. The van der Waals surface area contributed by atoms with Gasteiger partial charge in [-0.3, -0.25) is 4.79 Å². The Morgan fingerprint density at radius 2 is 1.93 bits per heavy atom. The molecule has 3 aromatic rings. The molecule has 0 unspecified atom stereocenters. The number of rotatable bonds is 7. The highest BCUT2D eigenvalue weighted by Crippen LogP contribution is 2.28. The third-order valence-electron chi connectivity index (χ3n) is 5.08. The number of benzene rings is 2. The van der Waals surface area contributed by atoms with Crippen molar-refractivity contribution in [1.82, 2.24) is 25.1 Å². The highest BCUT2D eigenvalue weighted by Gasteiger charge is 2.27. The first kappa shape index (κ1) is 19.0. The molecule has 0 N–H and O–H groups in total. The quantitative estimate of drug-likeness (QED) is 0.575. The van der Waals surface area contributed by atoms with Crippen LogP contribution in [0.3, 0.4) is 0 Å². The molecule has 0 bridgehead atoms. The SMILES string of the molecule is O=C(c1ccc(OCCCn2ncnn2)cc1)N1CC[C@@H](c2ccc(F)cc2)C1. The zero-order chi connectivity index (χ0) is 20.1. The van der Waals surface area contributed by atoms with Gasteiger partial charge in [-0.05, 0) is 53.6 Å². The van der Waals surface area contributed by atoms with Gasteiger partial charge in [0, 0.05) is 31.0 Å². The Balaban J connectivity index is 1.27. The van der Waals surface area contributed by atoms with Gasteiger partial charge in [-0.15, -0.1) is 10.2 Å². The molecule has 150 valence electrons. The van der Waals surface area contributed by atoms with Crippen LogP contribution in [0.25, 0.3) is 0 Å². The van der Waals surface area contributed by atoms with Crippen molar-refractivity contribution in [3.8, 4) is 5.75 Å². The van der Waals surface area contributed by atoms with Gasteiger partial charge in [-0.1, -0.05) is 12.1 Å². The van der Waals surface area contributed by atoms with E-state index in [0.29, 0.717) is 31.8 Å². The van der Waals surface area contributed by atoms with Gasteiger partial charge in [0.05, 0.1) is 13.2 Å². The number of ether oxygens (including phenoxy) is 1. The summed E-state index contributed by atoms with van der Waals surface area (Å²) in [5.74, 6) is 0.746. The maximum Gasteiger partial charge on any atom is 0.253 e. The second-order valence-electron chi connectivity index (χ2n) is 7.05. The fraction of sp³-hybridized carbons (Fsp3) is 0.333. The van der Waals surface area contributed by atoms with E-state index < -0.39 is 0 Å². The van der Waals surface area contributed by atoms with Crippen LogP contribution in [0.15, 0.2) is 54.9 Å². The largest absolute Gasteiger partial charge is 0.494 e. The Kier molecular flexibility index (Phi) is 5.79. The lowest BCUT2D eigenvalue weighted by Gasteiger charge is -2.17. The Morgan fingerprint density at radius 3 is 2.66 bits per heavy atom. The maximum absolute atomic E-state index is 13.1. The number of carbonyl (C=O) groups excluding carboxylic acids is 1. The highest BCUT2D eigenvalue weighted by atomic mass is 19.1. The number of aromatic nitrogens is 4. The van der Waals surface area contributed by atoms with E-state index in [1.54, 1.807) is 24.3 Å². The van der Waals surface area contributed by atoms with E-state index in [2.05, 4.69) is 15.4 Å². The predicted octanol–water partition coefficient (Wildman–Crippen LogP) is 2.91. The molecule has 0 spiro atoms. The molecule has 1 aliphatic rings. The molecule has 2 aromatic carbocycles. The minimum absolute atomic E-state index is 0.0124. The van der Waals surface area contributed by atoms with Crippen LogP contribution in [-0.4, -0.2) is 50.7 Å². The van der Waals surface area contributed by atoms with Crippen molar-refractivity contribution in [2.45, 2.75) is 25.3 Å². The number of tetrazole rings is 1. The number of hydrogen-bond acceptors (Lipinski definition) is 5. The Bertz CT molecular complexity index is 929. The number of likely N-dealkylation sites (tertiary alicyclic amines) is 1. The van der Waals surface area contributed by atoms with E-state index in [0.717, 1.165) is 24.2 Å². The van der Waals surface area contributed by atoms with Crippen molar-refractivity contribution < 1.29 is 13.9 Å². The Labute approximate surface area is 168 Å². The van der Waals surface area contributed by atoms with Crippen molar-refractivity contribution in [2.75, 3.05) is 19.7 Å². The average Bonchev–Trinajstić information content (AvgIpc) is 3.44. The summed E-state index contributed by atoms with van der Waals surface area (Å²) in [5, 5.41) is 11.4. The van der Waals surface area contributed by atoms with Gasteiger partial charge < -0.3 is 9.64 Å². The third-order valence-corrected chi connectivity index (χ3v) is 5.08. The van der Waals surface area contributed by atoms with Crippen LogP contribution in [0.1, 0.15) is 34.7 Å². The lowest BCUT2D eigenvalue weighted by atomic mass is 9.99. The molecule has 0 aliphatic carbocycles. The highest BCUT2D eigenvalue weighted by molar-refractivity contribution is 5.94. The molecule has 1 atom stereocenters. The van der Waals surface area contributed by atoms with Gasteiger partial charge in [-0.2, -0.15) is 4.80 Å². The number of aryl methyl sites for hydroxylation is 1. The summed E-state index contributed by atoms with van der Waals surface area (Å²) < 4.78 is 18.8. The fourth-order valence-corrected chi connectivity index (χ4v) is 3.52. The normalized spacial score (nSPS) is 16.2. The Hall–Kier alpha value is -3.29. The first-order chi connectivity index (χ1) is 14.2. The van der Waals surface area contributed by atoms with Crippen molar-refractivity contribution in [1.29, 1.82) is 0 Å². The summed E-state index contributed by atoms with van der Waals surface area (Å²) in [7, 11) is 0. The number of hydrogen-bond donors (Lipinski definition) is 0. The fourth-order valence-electron chi connectivity index (χ4n) is 3.52. The molecule has 1 aromatic heterocycles. The predicted molar refractivity (Wildman–Crippen MR) is 104 cm³/mol. The van der Waals surface area contributed by atoms with Crippen molar-refractivity contribution in [2.24, 2.45) is 0 Å². The van der Waals surface area contributed by atoms with E-state index in [9.17, 15) is 9.18 Å². The minimum Gasteiger partial charge on any atom is -0.494 e. The molecule has 29 heavy (non-hydrogen) atoms. The van der Waals surface area contributed by atoms with E-state index >= 15 is 0 Å². The summed E-state index contributed by atoms with van der Waals surface area (Å²) in [6.45, 7) is 2.52. The van der Waals surface area contributed by atoms with Gasteiger partial charge in [0.1, 0.15) is 11.6 Å². The van der Waals surface area contributed by atoms with Gasteiger partial charge in [0.15, 0.2) is 6.33 Å². The van der Waals surface area contributed by atoms with Crippen LogP contribution in [0.5, 0.6) is 5.75 Å². The molecule has 1 aliphatic heterocycles. The number of halogens is 1. The maximum atomic E-state index is 13.1. The van der Waals surface area contributed by atoms with Crippen LogP contribution in [0.4, 0.5) is 4.39 Å². The second-order valence-corrected chi connectivity index (χ2v) is 7.05. The third kappa shape index (κ3) is 4.77. The minimum atomic E-state index is -0.239. The molecule has 8 heteroatoms. The van der Waals surface area contributed by atoms with Gasteiger partial charge in [-0.25, -0.2) is 4.39 Å². The molecular formula is C21H22FN5O2. The van der Waals surface area contributed by atoms with Crippen LogP contribution < -0.4 is 4.74 Å².